The second-order valence-corrected chi connectivity index (χ2v) is 5.24. The highest BCUT2D eigenvalue weighted by molar-refractivity contribution is 5.37. The maximum Gasteiger partial charge on any atom is 0.138 e. The fourth-order valence-corrected chi connectivity index (χ4v) is 2.63. The summed E-state index contributed by atoms with van der Waals surface area (Å²) >= 11 is 0. The van der Waals surface area contributed by atoms with Crippen LogP contribution in [0, 0.1) is 0 Å². The molecule has 0 bridgehead atoms. The van der Waals surface area contributed by atoms with Crippen molar-refractivity contribution in [3.8, 4) is 5.75 Å². The first-order valence-electron chi connectivity index (χ1n) is 7.14. The van der Waals surface area contributed by atoms with Crippen molar-refractivity contribution in [2.24, 2.45) is 5.73 Å². The summed E-state index contributed by atoms with van der Waals surface area (Å²) in [6, 6.07) is 8.06. The summed E-state index contributed by atoms with van der Waals surface area (Å²) in [7, 11) is 0. The first kappa shape index (κ1) is 13.1. The van der Waals surface area contributed by atoms with Crippen LogP contribution in [0.25, 0.3) is 0 Å². The fraction of sp³-hybridized carbons (Fsp3) is 0.467. The number of rotatable bonds is 5. The molecule has 3 rings (SSSR count). The molecule has 2 aromatic rings. The van der Waals surface area contributed by atoms with Crippen molar-refractivity contribution < 1.29 is 4.74 Å². The molecule has 0 saturated carbocycles. The molecule has 0 amide bonds. The Labute approximate surface area is 118 Å². The van der Waals surface area contributed by atoms with Gasteiger partial charge in [-0.2, -0.15) is 5.10 Å². The van der Waals surface area contributed by atoms with Crippen molar-refractivity contribution in [2.45, 2.75) is 44.9 Å². The van der Waals surface area contributed by atoms with Gasteiger partial charge in [0.25, 0.3) is 0 Å². The van der Waals surface area contributed by atoms with E-state index in [1.807, 2.05) is 22.9 Å². The molecule has 1 aromatic carbocycles. The third-order valence-corrected chi connectivity index (χ3v) is 3.70. The van der Waals surface area contributed by atoms with Gasteiger partial charge in [0.2, 0.25) is 0 Å². The Morgan fingerprint density at radius 2 is 2.30 bits per heavy atom. The molecule has 2 N–H and O–H groups in total. The van der Waals surface area contributed by atoms with Crippen molar-refractivity contribution >= 4 is 0 Å². The van der Waals surface area contributed by atoms with Crippen LogP contribution in [0.3, 0.4) is 0 Å². The summed E-state index contributed by atoms with van der Waals surface area (Å²) in [6.07, 6.45) is 4.23. The number of nitrogens with zero attached hydrogens (tertiary/aromatic N) is 3. The SMILES string of the molecule is CCCn1ncnc1CC(N)C1Cc2ccccc2O1. The van der Waals surface area contributed by atoms with Crippen LogP contribution in [0.1, 0.15) is 24.7 Å². The van der Waals surface area contributed by atoms with E-state index in [-0.39, 0.29) is 12.1 Å². The van der Waals surface area contributed by atoms with Crippen LogP contribution in [-0.4, -0.2) is 26.9 Å². The molecule has 5 nitrogen and oxygen atoms in total. The lowest BCUT2D eigenvalue weighted by atomic mass is 10.0. The van der Waals surface area contributed by atoms with Gasteiger partial charge < -0.3 is 10.5 Å². The van der Waals surface area contributed by atoms with Gasteiger partial charge in [0.1, 0.15) is 24.0 Å². The van der Waals surface area contributed by atoms with E-state index in [0.29, 0.717) is 6.42 Å². The highest BCUT2D eigenvalue weighted by Crippen LogP contribution is 2.29. The molecular formula is C15H20N4O. The van der Waals surface area contributed by atoms with Gasteiger partial charge in [-0.15, -0.1) is 0 Å². The summed E-state index contributed by atoms with van der Waals surface area (Å²) in [6.45, 7) is 3.01. The molecule has 5 heteroatoms. The molecular weight excluding hydrogens is 252 g/mol. The van der Waals surface area contributed by atoms with Crippen LogP contribution in [0.2, 0.25) is 0 Å². The molecule has 2 atom stereocenters. The first-order chi connectivity index (χ1) is 9.78. The van der Waals surface area contributed by atoms with Gasteiger partial charge in [-0.05, 0) is 18.1 Å². The maximum absolute atomic E-state index is 6.31. The van der Waals surface area contributed by atoms with Crippen molar-refractivity contribution in [3.05, 3.63) is 42.0 Å². The molecule has 1 aliphatic heterocycles. The fourth-order valence-electron chi connectivity index (χ4n) is 2.63. The average molecular weight is 272 g/mol. The molecule has 20 heavy (non-hydrogen) atoms. The van der Waals surface area contributed by atoms with Crippen molar-refractivity contribution in [1.82, 2.24) is 14.8 Å². The van der Waals surface area contributed by atoms with Crippen LogP contribution in [0.5, 0.6) is 5.75 Å². The minimum atomic E-state index is -0.0674. The van der Waals surface area contributed by atoms with Crippen LogP contribution in [0.4, 0.5) is 0 Å². The van der Waals surface area contributed by atoms with E-state index >= 15 is 0 Å². The summed E-state index contributed by atoms with van der Waals surface area (Å²) in [5, 5.41) is 4.23. The number of aromatic nitrogens is 3. The van der Waals surface area contributed by atoms with E-state index < -0.39 is 0 Å². The minimum Gasteiger partial charge on any atom is -0.488 e. The predicted molar refractivity (Wildman–Crippen MR) is 76.6 cm³/mol. The molecule has 1 aliphatic rings. The minimum absolute atomic E-state index is 0.0270. The quantitative estimate of drug-likeness (QED) is 0.897. The van der Waals surface area contributed by atoms with Crippen LogP contribution in [-0.2, 0) is 19.4 Å². The van der Waals surface area contributed by atoms with Crippen LogP contribution in [0.15, 0.2) is 30.6 Å². The van der Waals surface area contributed by atoms with Gasteiger partial charge in [-0.3, -0.25) is 4.68 Å². The molecule has 106 valence electrons. The highest BCUT2D eigenvalue weighted by Gasteiger charge is 2.28. The van der Waals surface area contributed by atoms with E-state index in [9.17, 15) is 0 Å². The Balaban J connectivity index is 1.66. The number of fused-ring (bicyclic) bond motifs is 1. The molecule has 1 aromatic heterocycles. The summed E-state index contributed by atoms with van der Waals surface area (Å²) < 4.78 is 7.87. The largest absolute Gasteiger partial charge is 0.488 e. The lowest BCUT2D eigenvalue weighted by Crippen LogP contribution is -2.40. The van der Waals surface area contributed by atoms with E-state index in [0.717, 1.165) is 31.0 Å². The molecule has 0 radical (unpaired) electrons. The molecule has 0 saturated heterocycles. The second kappa shape index (κ2) is 5.63. The summed E-state index contributed by atoms with van der Waals surface area (Å²) in [4.78, 5) is 4.31. The summed E-state index contributed by atoms with van der Waals surface area (Å²) in [5.74, 6) is 1.90. The number of para-hydroxylation sites is 1. The zero-order valence-electron chi connectivity index (χ0n) is 11.7. The zero-order chi connectivity index (χ0) is 13.9. The lowest BCUT2D eigenvalue weighted by Gasteiger charge is -2.18. The topological polar surface area (TPSA) is 66.0 Å². The van der Waals surface area contributed by atoms with E-state index in [1.54, 1.807) is 6.33 Å². The van der Waals surface area contributed by atoms with Gasteiger partial charge in [0, 0.05) is 25.4 Å². The Hall–Kier alpha value is -1.88. The third kappa shape index (κ3) is 2.54. The van der Waals surface area contributed by atoms with Gasteiger partial charge in [-0.25, -0.2) is 4.98 Å². The number of nitrogens with two attached hydrogens (primary N) is 1. The molecule has 0 fully saturated rings. The molecule has 0 aliphatic carbocycles. The summed E-state index contributed by atoms with van der Waals surface area (Å²) in [5.41, 5.74) is 7.55. The second-order valence-electron chi connectivity index (χ2n) is 5.24. The van der Waals surface area contributed by atoms with Gasteiger partial charge in [0.15, 0.2) is 0 Å². The van der Waals surface area contributed by atoms with Gasteiger partial charge in [0.05, 0.1) is 0 Å². The standard InChI is InChI=1S/C15H20N4O/c1-2-7-19-15(17-10-18-19)9-12(16)14-8-11-5-3-4-6-13(11)20-14/h3-6,10,12,14H,2,7-9,16H2,1H3. The number of ether oxygens (including phenoxy) is 1. The predicted octanol–water partition coefficient (Wildman–Crippen LogP) is 1.56. The van der Waals surface area contributed by atoms with E-state index in [1.165, 1.54) is 5.56 Å². The number of hydrogen-bond donors (Lipinski definition) is 1. The van der Waals surface area contributed by atoms with Gasteiger partial charge in [-0.1, -0.05) is 25.1 Å². The Kier molecular flexibility index (Phi) is 3.69. The van der Waals surface area contributed by atoms with E-state index in [4.69, 9.17) is 10.5 Å². The number of benzene rings is 1. The zero-order valence-corrected chi connectivity index (χ0v) is 11.7. The number of hydrogen-bond acceptors (Lipinski definition) is 4. The van der Waals surface area contributed by atoms with Crippen molar-refractivity contribution in [2.75, 3.05) is 0 Å². The highest BCUT2D eigenvalue weighted by atomic mass is 16.5. The maximum atomic E-state index is 6.31. The Morgan fingerprint density at radius 3 is 3.10 bits per heavy atom. The van der Waals surface area contributed by atoms with E-state index in [2.05, 4.69) is 23.1 Å². The molecule has 2 heterocycles. The molecule has 0 spiro atoms. The Morgan fingerprint density at radius 1 is 1.45 bits per heavy atom. The van der Waals surface area contributed by atoms with Crippen molar-refractivity contribution in [1.29, 1.82) is 0 Å². The average Bonchev–Trinajstić information content (AvgIpc) is 3.06. The Bertz CT molecular complexity index is 556. The number of aryl methyl sites for hydroxylation is 1. The van der Waals surface area contributed by atoms with Gasteiger partial charge >= 0.3 is 0 Å². The first-order valence-corrected chi connectivity index (χ1v) is 7.14. The normalized spacial score (nSPS) is 18.6. The third-order valence-electron chi connectivity index (χ3n) is 3.70. The van der Waals surface area contributed by atoms with Crippen LogP contribution < -0.4 is 10.5 Å². The van der Waals surface area contributed by atoms with Crippen LogP contribution >= 0.6 is 0 Å². The smallest absolute Gasteiger partial charge is 0.138 e. The lowest BCUT2D eigenvalue weighted by molar-refractivity contribution is 0.196. The molecule has 2 unspecified atom stereocenters. The van der Waals surface area contributed by atoms with Crippen molar-refractivity contribution in [3.63, 3.8) is 0 Å². The monoisotopic (exact) mass is 272 g/mol.